The summed E-state index contributed by atoms with van der Waals surface area (Å²) in [5.74, 6) is 0.820. The number of aromatic hydroxyl groups is 1. The minimum Gasteiger partial charge on any atom is -0.507 e. The molecule has 3 aromatic heterocycles. The van der Waals surface area contributed by atoms with Crippen LogP contribution in [-0.2, 0) is 5.41 Å². The van der Waals surface area contributed by atoms with Gasteiger partial charge in [-0.1, -0.05) is 153 Å². The Morgan fingerprint density at radius 1 is 0.517 bits per heavy atom. The molecule has 8 aromatic carbocycles. The molecule has 0 bridgehead atoms. The van der Waals surface area contributed by atoms with E-state index in [4.69, 9.17) is 14.4 Å². The lowest BCUT2D eigenvalue weighted by molar-refractivity contribution is 0.477. The first-order valence-electron chi connectivity index (χ1n) is 20.3. The smallest absolute Gasteiger partial charge is 0.161 e. The third-order valence-electron chi connectivity index (χ3n) is 12.1. The van der Waals surface area contributed by atoms with E-state index in [1.54, 1.807) is 6.07 Å². The van der Waals surface area contributed by atoms with E-state index in [1.165, 1.54) is 5.56 Å². The number of phenolic OH excluding ortho intramolecular Hbond substituents is 1. The number of benzene rings is 8. The number of aromatic nitrogens is 3. The van der Waals surface area contributed by atoms with Gasteiger partial charge < -0.3 is 9.52 Å². The topological polar surface area (TPSA) is 64.1 Å². The fourth-order valence-electron chi connectivity index (χ4n) is 8.89. The van der Waals surface area contributed by atoms with Crippen LogP contribution >= 0.6 is 0 Å². The molecular formula is C55H39N3O2. The van der Waals surface area contributed by atoms with E-state index in [9.17, 15) is 5.11 Å². The molecule has 5 heteroatoms. The molecule has 1 N–H and O–H groups in total. The van der Waals surface area contributed by atoms with Gasteiger partial charge >= 0.3 is 0 Å². The van der Waals surface area contributed by atoms with Crippen LogP contribution in [0, 0.1) is 0 Å². The van der Waals surface area contributed by atoms with Gasteiger partial charge in [-0.25, -0.2) is 4.98 Å². The van der Waals surface area contributed by atoms with Crippen LogP contribution in [0.3, 0.4) is 0 Å². The number of hydrogen-bond acceptors (Lipinski definition) is 4. The van der Waals surface area contributed by atoms with Crippen molar-refractivity contribution in [2.24, 2.45) is 0 Å². The van der Waals surface area contributed by atoms with Crippen molar-refractivity contribution in [3.8, 4) is 56.3 Å². The van der Waals surface area contributed by atoms with Crippen LogP contribution in [0.1, 0.15) is 25.0 Å². The Bertz CT molecular complexity index is 3420. The second kappa shape index (κ2) is 14.0. The zero-order chi connectivity index (χ0) is 40.4. The number of nitrogens with zero attached hydrogens (tertiary/aromatic N) is 3. The van der Waals surface area contributed by atoms with Crippen LogP contribution in [-0.4, -0.2) is 19.6 Å². The molecule has 286 valence electrons. The van der Waals surface area contributed by atoms with Crippen LogP contribution in [0.5, 0.6) is 5.75 Å². The summed E-state index contributed by atoms with van der Waals surface area (Å²) < 4.78 is 9.04. The summed E-state index contributed by atoms with van der Waals surface area (Å²) in [6.45, 7) is 4.55. The van der Waals surface area contributed by atoms with Crippen LogP contribution in [0.2, 0.25) is 0 Å². The summed E-state index contributed by atoms with van der Waals surface area (Å²) >= 11 is 0. The molecule has 0 aliphatic carbocycles. The summed E-state index contributed by atoms with van der Waals surface area (Å²) in [6, 6.07) is 64.8. The quantitative estimate of drug-likeness (QED) is 0.175. The van der Waals surface area contributed by atoms with Crippen molar-refractivity contribution < 1.29 is 9.52 Å². The van der Waals surface area contributed by atoms with E-state index >= 15 is 0 Å². The fraction of sp³-hybridized carbons (Fsp3) is 0.0545. The number of hydrogen-bond donors (Lipinski definition) is 1. The molecule has 0 atom stereocenters. The van der Waals surface area contributed by atoms with Gasteiger partial charge in [0.2, 0.25) is 0 Å². The van der Waals surface area contributed by atoms with E-state index in [0.717, 1.165) is 88.5 Å². The Morgan fingerprint density at radius 3 is 2.03 bits per heavy atom. The zero-order valence-corrected chi connectivity index (χ0v) is 33.2. The van der Waals surface area contributed by atoms with Crippen molar-refractivity contribution in [3.05, 3.63) is 205 Å². The number of pyridine rings is 1. The minimum absolute atomic E-state index is 0.166. The molecule has 0 aliphatic rings. The molecule has 0 saturated heterocycles. The van der Waals surface area contributed by atoms with E-state index < -0.39 is 0 Å². The maximum absolute atomic E-state index is 11.4. The molecule has 11 aromatic rings. The minimum atomic E-state index is -0.368. The van der Waals surface area contributed by atoms with Crippen LogP contribution in [0.25, 0.3) is 94.3 Å². The van der Waals surface area contributed by atoms with Crippen molar-refractivity contribution in [2.45, 2.75) is 19.3 Å². The maximum atomic E-state index is 11.4. The first-order valence-corrected chi connectivity index (χ1v) is 20.3. The summed E-state index contributed by atoms with van der Waals surface area (Å²) in [5.41, 5.74) is 12.8. The summed E-state index contributed by atoms with van der Waals surface area (Å²) in [4.78, 5) is 10.5. The first kappa shape index (κ1) is 35.4. The highest BCUT2D eigenvalue weighted by atomic mass is 16.3. The van der Waals surface area contributed by atoms with E-state index in [2.05, 4.69) is 176 Å². The predicted octanol–water partition coefficient (Wildman–Crippen LogP) is 14.2. The van der Waals surface area contributed by atoms with Gasteiger partial charge in [-0.15, -0.1) is 0 Å². The highest BCUT2D eigenvalue weighted by molar-refractivity contribution is 6.16. The number of rotatable bonds is 7. The summed E-state index contributed by atoms with van der Waals surface area (Å²) in [6.07, 6.45) is 1.89. The second-order valence-electron chi connectivity index (χ2n) is 15.9. The molecule has 0 fully saturated rings. The molecule has 0 saturated carbocycles. The lowest BCUT2D eigenvalue weighted by Gasteiger charge is -2.27. The average molecular weight is 774 g/mol. The largest absolute Gasteiger partial charge is 0.507 e. The normalized spacial score (nSPS) is 11.9. The fourth-order valence-corrected chi connectivity index (χ4v) is 8.89. The third-order valence-corrected chi connectivity index (χ3v) is 12.1. The van der Waals surface area contributed by atoms with E-state index in [-0.39, 0.29) is 11.2 Å². The lowest BCUT2D eigenvalue weighted by atomic mass is 9.76. The van der Waals surface area contributed by atoms with Crippen molar-refractivity contribution in [1.82, 2.24) is 14.5 Å². The number of phenols is 1. The standard InChI is InChI=1S/C55H39N3O2/c1-55(2,39-19-7-4-8-20-39)40-33-37(32-38(34-40)50-53-45(30-31-56-50)44-29-28-36-18-9-10-22-43(36)52(44)60-53)42-24-15-26-48-51(42)57-54(46-23-12-14-27-49(46)59)58(48)47-25-13-11-21-41(47)35-16-5-3-6-17-35/h3-34,59H,1-2H3. The molecule has 3 heterocycles. The molecule has 5 nitrogen and oxygen atoms in total. The van der Waals surface area contributed by atoms with Gasteiger partial charge in [0.05, 0.1) is 22.3 Å². The Hall–Kier alpha value is -7.76. The molecule has 0 amide bonds. The Labute approximate surface area is 347 Å². The predicted molar refractivity (Wildman–Crippen MR) is 246 cm³/mol. The van der Waals surface area contributed by atoms with Crippen LogP contribution in [0.4, 0.5) is 0 Å². The van der Waals surface area contributed by atoms with Crippen LogP contribution < -0.4 is 0 Å². The second-order valence-corrected chi connectivity index (χ2v) is 15.9. The van der Waals surface area contributed by atoms with Crippen LogP contribution in [0.15, 0.2) is 199 Å². The van der Waals surface area contributed by atoms with Crippen molar-refractivity contribution in [1.29, 1.82) is 0 Å². The highest BCUT2D eigenvalue weighted by Crippen LogP contribution is 2.44. The van der Waals surface area contributed by atoms with Gasteiger partial charge in [0.15, 0.2) is 5.58 Å². The summed E-state index contributed by atoms with van der Waals surface area (Å²) in [7, 11) is 0. The SMILES string of the molecule is CC(C)(c1ccccc1)c1cc(-c2cccc3c2nc(-c2ccccc2O)n3-c2ccccc2-c2ccccc2)cc(-c2nccc3c2oc2c4ccccc4ccc32)c1. The summed E-state index contributed by atoms with van der Waals surface area (Å²) in [5, 5.41) is 15.7. The van der Waals surface area contributed by atoms with Gasteiger partial charge in [-0.3, -0.25) is 9.55 Å². The molecule has 60 heavy (non-hydrogen) atoms. The van der Waals surface area contributed by atoms with Gasteiger partial charge in [-0.2, -0.15) is 0 Å². The van der Waals surface area contributed by atoms with Gasteiger partial charge in [-0.05, 0) is 76.2 Å². The number of imidazole rings is 1. The number of furan rings is 1. The van der Waals surface area contributed by atoms with Gasteiger partial charge in [0.1, 0.15) is 22.9 Å². The number of fused-ring (bicyclic) bond motifs is 6. The monoisotopic (exact) mass is 773 g/mol. The molecule has 0 spiro atoms. The lowest BCUT2D eigenvalue weighted by Crippen LogP contribution is -2.19. The third kappa shape index (κ3) is 5.70. The number of para-hydroxylation sites is 3. The molecule has 0 aliphatic heterocycles. The Kier molecular flexibility index (Phi) is 8.24. The maximum Gasteiger partial charge on any atom is 0.161 e. The highest BCUT2D eigenvalue weighted by Gasteiger charge is 2.27. The molecule has 0 radical (unpaired) electrons. The van der Waals surface area contributed by atoms with E-state index in [0.29, 0.717) is 11.4 Å². The van der Waals surface area contributed by atoms with Gasteiger partial charge in [0.25, 0.3) is 0 Å². The Morgan fingerprint density at radius 2 is 1.20 bits per heavy atom. The molecular weight excluding hydrogens is 735 g/mol. The van der Waals surface area contributed by atoms with Gasteiger partial charge in [0, 0.05) is 44.5 Å². The van der Waals surface area contributed by atoms with Crippen molar-refractivity contribution in [2.75, 3.05) is 0 Å². The first-order chi connectivity index (χ1) is 29.4. The molecule has 0 unspecified atom stereocenters. The average Bonchev–Trinajstić information content (AvgIpc) is 3.89. The molecule has 11 rings (SSSR count). The Balaban J connectivity index is 1.19. The zero-order valence-electron chi connectivity index (χ0n) is 33.2. The van der Waals surface area contributed by atoms with E-state index in [1.807, 2.05) is 30.5 Å². The van der Waals surface area contributed by atoms with Crippen molar-refractivity contribution in [3.63, 3.8) is 0 Å². The van der Waals surface area contributed by atoms with Crippen molar-refractivity contribution >= 4 is 43.7 Å².